The monoisotopic (exact) mass is 332 g/mol. The summed E-state index contributed by atoms with van der Waals surface area (Å²) in [6, 6.07) is 0. The maximum Gasteiger partial charge on any atom is 0.265 e. The standard InChI is InChI=1S/C12H20N4O3S2/c1-8(21(2)18)7-14-11(17)9-10(13)15-12(20-9)16-3-5-19-6-4-16/h8H,3-7,13H2,1-2H3,(H,14,17). The van der Waals surface area contributed by atoms with Crippen molar-refractivity contribution in [2.24, 2.45) is 0 Å². The smallest absolute Gasteiger partial charge is 0.265 e. The van der Waals surface area contributed by atoms with E-state index < -0.39 is 10.8 Å². The summed E-state index contributed by atoms with van der Waals surface area (Å²) in [6.07, 6.45) is 1.62. The molecule has 1 fully saturated rings. The summed E-state index contributed by atoms with van der Waals surface area (Å²) in [4.78, 5) is 18.9. The Hall–Kier alpha value is -1.19. The predicted molar refractivity (Wildman–Crippen MR) is 85.4 cm³/mol. The van der Waals surface area contributed by atoms with E-state index in [1.165, 1.54) is 11.3 Å². The third kappa shape index (κ3) is 4.14. The number of thiazole rings is 1. The fraction of sp³-hybridized carbons (Fsp3) is 0.667. The highest BCUT2D eigenvalue weighted by Gasteiger charge is 2.21. The van der Waals surface area contributed by atoms with Crippen molar-refractivity contribution in [3.05, 3.63) is 4.88 Å². The maximum absolute atomic E-state index is 12.1. The minimum atomic E-state index is -0.967. The molecule has 0 saturated carbocycles. The molecule has 2 heterocycles. The molecule has 1 amide bonds. The topological polar surface area (TPSA) is 97.6 Å². The lowest BCUT2D eigenvalue weighted by molar-refractivity contribution is 0.0959. The van der Waals surface area contributed by atoms with Crippen molar-refractivity contribution < 1.29 is 13.7 Å². The Labute approximate surface area is 130 Å². The van der Waals surface area contributed by atoms with E-state index in [1.54, 1.807) is 6.26 Å². The Morgan fingerprint density at radius 3 is 2.86 bits per heavy atom. The molecular weight excluding hydrogens is 312 g/mol. The van der Waals surface area contributed by atoms with E-state index in [9.17, 15) is 9.00 Å². The van der Waals surface area contributed by atoms with E-state index in [-0.39, 0.29) is 17.0 Å². The minimum absolute atomic E-state index is 0.0955. The first-order valence-corrected chi connectivity index (χ1v) is 9.12. The second-order valence-corrected chi connectivity index (χ2v) is 7.61. The van der Waals surface area contributed by atoms with E-state index in [2.05, 4.69) is 15.2 Å². The minimum Gasteiger partial charge on any atom is -0.382 e. The Bertz CT molecular complexity index is 529. The Kier molecular flexibility index (Phi) is 5.54. The Balaban J connectivity index is 2.00. The van der Waals surface area contributed by atoms with Crippen LogP contribution in [0.25, 0.3) is 0 Å². The number of hydrogen-bond donors (Lipinski definition) is 2. The Morgan fingerprint density at radius 1 is 1.57 bits per heavy atom. The number of ether oxygens (including phenoxy) is 1. The van der Waals surface area contributed by atoms with Gasteiger partial charge >= 0.3 is 0 Å². The van der Waals surface area contributed by atoms with Crippen LogP contribution in [0.5, 0.6) is 0 Å². The van der Waals surface area contributed by atoms with Gasteiger partial charge < -0.3 is 20.7 Å². The number of amides is 1. The van der Waals surface area contributed by atoms with E-state index in [0.29, 0.717) is 24.6 Å². The van der Waals surface area contributed by atoms with Gasteiger partial charge in [-0.2, -0.15) is 0 Å². The molecule has 21 heavy (non-hydrogen) atoms. The van der Waals surface area contributed by atoms with E-state index >= 15 is 0 Å². The van der Waals surface area contributed by atoms with Gasteiger partial charge in [0.15, 0.2) is 5.13 Å². The number of nitrogens with two attached hydrogens (primary N) is 1. The van der Waals surface area contributed by atoms with Gasteiger partial charge in [0.1, 0.15) is 10.7 Å². The van der Waals surface area contributed by atoms with Crippen LogP contribution in [-0.4, -0.2) is 59.5 Å². The number of anilines is 2. The lowest BCUT2D eigenvalue weighted by atomic mass is 10.4. The van der Waals surface area contributed by atoms with Crippen molar-refractivity contribution in [2.45, 2.75) is 12.2 Å². The zero-order valence-corrected chi connectivity index (χ0v) is 13.8. The molecular formula is C12H20N4O3S2. The van der Waals surface area contributed by atoms with E-state index in [0.717, 1.165) is 18.2 Å². The highest BCUT2D eigenvalue weighted by Crippen LogP contribution is 2.28. The van der Waals surface area contributed by atoms with Gasteiger partial charge in [-0.15, -0.1) is 0 Å². The molecule has 1 aliphatic heterocycles. The molecule has 9 heteroatoms. The van der Waals surface area contributed by atoms with Crippen molar-refractivity contribution in [3.8, 4) is 0 Å². The van der Waals surface area contributed by atoms with Gasteiger partial charge in [0, 0.05) is 41.9 Å². The van der Waals surface area contributed by atoms with Crippen molar-refractivity contribution >= 4 is 39.0 Å². The molecule has 3 N–H and O–H groups in total. The second kappa shape index (κ2) is 7.19. The Morgan fingerprint density at radius 2 is 2.24 bits per heavy atom. The highest BCUT2D eigenvalue weighted by molar-refractivity contribution is 7.84. The van der Waals surface area contributed by atoms with Crippen LogP contribution in [0.4, 0.5) is 10.9 Å². The largest absolute Gasteiger partial charge is 0.382 e. The van der Waals surface area contributed by atoms with Gasteiger partial charge in [-0.25, -0.2) is 4.98 Å². The van der Waals surface area contributed by atoms with Crippen LogP contribution in [0, 0.1) is 0 Å². The molecule has 2 unspecified atom stereocenters. The second-order valence-electron chi connectivity index (χ2n) is 4.83. The summed E-state index contributed by atoms with van der Waals surface area (Å²) in [5, 5.41) is 3.40. The van der Waals surface area contributed by atoms with Crippen molar-refractivity contribution in [1.82, 2.24) is 10.3 Å². The maximum atomic E-state index is 12.1. The van der Waals surface area contributed by atoms with Gasteiger partial charge in [-0.05, 0) is 6.92 Å². The van der Waals surface area contributed by atoms with Crippen molar-refractivity contribution in [3.63, 3.8) is 0 Å². The number of morpholine rings is 1. The molecule has 118 valence electrons. The zero-order valence-electron chi connectivity index (χ0n) is 12.1. The summed E-state index contributed by atoms with van der Waals surface area (Å²) < 4.78 is 16.6. The van der Waals surface area contributed by atoms with Crippen LogP contribution >= 0.6 is 11.3 Å². The number of hydrogen-bond acceptors (Lipinski definition) is 7. The molecule has 1 saturated heterocycles. The van der Waals surface area contributed by atoms with Crippen LogP contribution in [-0.2, 0) is 15.5 Å². The first-order chi connectivity index (χ1) is 9.99. The first kappa shape index (κ1) is 16.2. The summed E-state index contributed by atoms with van der Waals surface area (Å²) >= 11 is 1.28. The van der Waals surface area contributed by atoms with Crippen molar-refractivity contribution in [2.75, 3.05) is 49.7 Å². The van der Waals surface area contributed by atoms with Gasteiger partial charge in [0.2, 0.25) is 0 Å². The van der Waals surface area contributed by atoms with E-state index in [1.807, 2.05) is 6.92 Å². The molecule has 1 aromatic heterocycles. The van der Waals surface area contributed by atoms with E-state index in [4.69, 9.17) is 10.5 Å². The molecule has 0 aromatic carbocycles. The zero-order chi connectivity index (χ0) is 15.4. The molecule has 0 spiro atoms. The molecule has 2 atom stereocenters. The number of nitrogens with zero attached hydrogens (tertiary/aromatic N) is 2. The SMILES string of the molecule is CC(CNC(=O)c1sc(N2CCOCC2)nc1N)S(C)=O. The van der Waals surface area contributed by atoms with Crippen LogP contribution in [0.2, 0.25) is 0 Å². The molecule has 0 radical (unpaired) electrons. The average molecular weight is 332 g/mol. The molecule has 1 aromatic rings. The molecule has 0 aliphatic carbocycles. The summed E-state index contributed by atoms with van der Waals surface area (Å²) in [6.45, 7) is 4.99. The number of rotatable bonds is 5. The molecule has 0 bridgehead atoms. The fourth-order valence-corrected chi connectivity index (χ4v) is 3.08. The first-order valence-electron chi connectivity index (χ1n) is 6.68. The molecule has 7 nitrogen and oxygen atoms in total. The number of nitrogen functional groups attached to an aromatic ring is 1. The van der Waals surface area contributed by atoms with Gasteiger partial charge in [-0.3, -0.25) is 9.00 Å². The van der Waals surface area contributed by atoms with Crippen LogP contribution < -0.4 is 16.0 Å². The summed E-state index contributed by atoms with van der Waals surface area (Å²) in [5.74, 6) is -0.0222. The van der Waals surface area contributed by atoms with Gasteiger partial charge in [-0.1, -0.05) is 11.3 Å². The number of carbonyl (C=O) groups excluding carboxylic acids is 1. The predicted octanol–water partition coefficient (Wildman–Crippen LogP) is 0.0587. The normalized spacial score (nSPS) is 18.3. The average Bonchev–Trinajstić information content (AvgIpc) is 2.87. The van der Waals surface area contributed by atoms with Crippen LogP contribution in [0.1, 0.15) is 16.6 Å². The number of carbonyl (C=O) groups is 1. The summed E-state index contributed by atoms with van der Waals surface area (Å²) in [5.41, 5.74) is 5.84. The number of aromatic nitrogens is 1. The van der Waals surface area contributed by atoms with Gasteiger partial charge in [0.25, 0.3) is 5.91 Å². The van der Waals surface area contributed by atoms with Crippen LogP contribution in [0.15, 0.2) is 0 Å². The third-order valence-corrected chi connectivity index (χ3v) is 5.68. The molecule has 2 rings (SSSR count). The third-order valence-electron chi connectivity index (χ3n) is 3.25. The quantitative estimate of drug-likeness (QED) is 0.791. The lowest BCUT2D eigenvalue weighted by Gasteiger charge is -2.25. The van der Waals surface area contributed by atoms with Crippen LogP contribution in [0.3, 0.4) is 0 Å². The molecule has 1 aliphatic rings. The fourth-order valence-electron chi connectivity index (χ4n) is 1.81. The van der Waals surface area contributed by atoms with Gasteiger partial charge in [0.05, 0.1) is 13.2 Å². The lowest BCUT2D eigenvalue weighted by Crippen LogP contribution is -2.36. The summed E-state index contributed by atoms with van der Waals surface area (Å²) in [7, 11) is -0.967. The van der Waals surface area contributed by atoms with Crippen molar-refractivity contribution in [1.29, 1.82) is 0 Å². The highest BCUT2D eigenvalue weighted by atomic mass is 32.2. The number of nitrogens with one attached hydrogen (secondary N) is 1.